The lowest BCUT2D eigenvalue weighted by Crippen LogP contribution is -2.51. The number of carbonyl (C=O) groups excluding carboxylic acids is 3. The first kappa shape index (κ1) is 16.3. The second kappa shape index (κ2) is 6.93. The Hall–Kier alpha value is -1.53. The molecule has 122 valence electrons. The van der Waals surface area contributed by atoms with E-state index in [-0.39, 0.29) is 18.4 Å². The van der Waals surface area contributed by atoms with Gasteiger partial charge in [0.15, 0.2) is 5.25 Å². The van der Waals surface area contributed by atoms with Crippen LogP contribution in [0.2, 0.25) is 5.02 Å². The van der Waals surface area contributed by atoms with Gasteiger partial charge in [-0.15, -0.1) is 11.8 Å². The third-order valence-corrected chi connectivity index (χ3v) is 5.63. The van der Waals surface area contributed by atoms with Gasteiger partial charge in [0.1, 0.15) is 6.29 Å². The Morgan fingerprint density at radius 1 is 1.30 bits per heavy atom. The van der Waals surface area contributed by atoms with Crippen molar-refractivity contribution in [3.05, 3.63) is 23.2 Å². The summed E-state index contributed by atoms with van der Waals surface area (Å²) in [5, 5.41) is -0.423. The molecule has 5 nitrogen and oxygen atoms in total. The summed E-state index contributed by atoms with van der Waals surface area (Å²) >= 11 is 7.42. The van der Waals surface area contributed by atoms with Gasteiger partial charge >= 0.3 is 0 Å². The number of likely N-dealkylation sites (tertiary alicyclic amines) is 1. The molecule has 2 amide bonds. The standard InChI is InChI=1S/C16H17ClN2O3S/c17-11-5-4-6-12-13(11)19(9-10-20)16(22)14(23-12)15(21)18-7-2-1-3-8-18/h4-6,10,14H,1-3,7-9H2. The number of benzene rings is 1. The second-order valence-electron chi connectivity index (χ2n) is 5.59. The molecule has 0 aliphatic carbocycles. The molecule has 1 aromatic rings. The van der Waals surface area contributed by atoms with Crippen molar-refractivity contribution in [3.63, 3.8) is 0 Å². The minimum absolute atomic E-state index is 0.0973. The Kier molecular flexibility index (Phi) is 4.92. The number of piperidine rings is 1. The van der Waals surface area contributed by atoms with E-state index in [1.54, 1.807) is 17.0 Å². The Labute approximate surface area is 143 Å². The molecule has 0 radical (unpaired) electrons. The van der Waals surface area contributed by atoms with Gasteiger partial charge in [-0.05, 0) is 31.4 Å². The molecule has 0 N–H and O–H groups in total. The molecule has 0 saturated carbocycles. The molecular formula is C16H17ClN2O3S. The third-order valence-electron chi connectivity index (χ3n) is 4.10. The van der Waals surface area contributed by atoms with Crippen LogP contribution in [0.15, 0.2) is 23.1 Å². The van der Waals surface area contributed by atoms with Crippen molar-refractivity contribution >= 4 is 47.2 Å². The first-order valence-corrected chi connectivity index (χ1v) is 8.88. The fraction of sp³-hybridized carbons (Fsp3) is 0.438. The number of amides is 2. The largest absolute Gasteiger partial charge is 0.341 e. The van der Waals surface area contributed by atoms with Gasteiger partial charge in [0, 0.05) is 18.0 Å². The van der Waals surface area contributed by atoms with E-state index in [1.807, 2.05) is 6.07 Å². The highest BCUT2D eigenvalue weighted by Crippen LogP contribution is 2.43. The van der Waals surface area contributed by atoms with Gasteiger partial charge in [0.05, 0.1) is 17.3 Å². The first-order chi connectivity index (χ1) is 11.1. The van der Waals surface area contributed by atoms with E-state index in [4.69, 9.17) is 11.6 Å². The summed E-state index contributed by atoms with van der Waals surface area (Å²) in [6.07, 6.45) is 3.71. The van der Waals surface area contributed by atoms with E-state index in [9.17, 15) is 14.4 Å². The Balaban J connectivity index is 1.93. The number of para-hydroxylation sites is 1. The minimum atomic E-state index is -0.834. The van der Waals surface area contributed by atoms with Gasteiger partial charge in [-0.25, -0.2) is 0 Å². The number of fused-ring (bicyclic) bond motifs is 1. The highest BCUT2D eigenvalue weighted by Gasteiger charge is 2.41. The number of thioether (sulfide) groups is 1. The molecule has 0 aromatic heterocycles. The van der Waals surface area contributed by atoms with Gasteiger partial charge in [-0.3, -0.25) is 9.59 Å². The van der Waals surface area contributed by atoms with Crippen LogP contribution in [-0.4, -0.2) is 47.9 Å². The van der Waals surface area contributed by atoms with Crippen molar-refractivity contribution in [2.75, 3.05) is 24.5 Å². The van der Waals surface area contributed by atoms with Crippen molar-refractivity contribution in [2.45, 2.75) is 29.4 Å². The molecule has 2 heterocycles. The number of rotatable bonds is 3. The minimum Gasteiger partial charge on any atom is -0.341 e. The smallest absolute Gasteiger partial charge is 0.250 e. The molecule has 0 bridgehead atoms. The average molecular weight is 353 g/mol. The Morgan fingerprint density at radius 3 is 2.74 bits per heavy atom. The Morgan fingerprint density at radius 2 is 2.04 bits per heavy atom. The topological polar surface area (TPSA) is 57.7 Å². The highest BCUT2D eigenvalue weighted by atomic mass is 35.5. The lowest BCUT2D eigenvalue weighted by Gasteiger charge is -2.36. The van der Waals surface area contributed by atoms with Crippen LogP contribution in [0.5, 0.6) is 0 Å². The van der Waals surface area contributed by atoms with Crippen molar-refractivity contribution in [3.8, 4) is 0 Å². The van der Waals surface area contributed by atoms with E-state index >= 15 is 0 Å². The molecule has 7 heteroatoms. The van der Waals surface area contributed by atoms with Crippen LogP contribution in [0, 0.1) is 0 Å². The van der Waals surface area contributed by atoms with Gasteiger partial charge in [-0.1, -0.05) is 17.7 Å². The van der Waals surface area contributed by atoms with Crippen LogP contribution in [0.1, 0.15) is 19.3 Å². The molecule has 3 rings (SSSR count). The third kappa shape index (κ3) is 3.10. The van der Waals surface area contributed by atoms with Crippen LogP contribution in [0.4, 0.5) is 5.69 Å². The zero-order valence-corrected chi connectivity index (χ0v) is 14.1. The molecule has 2 aliphatic heterocycles. The van der Waals surface area contributed by atoms with Crippen LogP contribution in [0.25, 0.3) is 0 Å². The predicted octanol–water partition coefficient (Wildman–Crippen LogP) is 2.36. The number of hydrogen-bond acceptors (Lipinski definition) is 4. The molecule has 2 aliphatic rings. The maximum absolute atomic E-state index is 12.8. The fourth-order valence-corrected chi connectivity index (χ4v) is 4.53. The molecule has 1 saturated heterocycles. The summed E-state index contributed by atoms with van der Waals surface area (Å²) in [7, 11) is 0. The Bertz CT molecular complexity index is 646. The van der Waals surface area contributed by atoms with Crippen molar-refractivity contribution < 1.29 is 14.4 Å². The van der Waals surface area contributed by atoms with Gasteiger partial charge < -0.3 is 14.6 Å². The van der Waals surface area contributed by atoms with E-state index < -0.39 is 5.25 Å². The van der Waals surface area contributed by atoms with Gasteiger partial charge in [0.2, 0.25) is 5.91 Å². The first-order valence-electron chi connectivity index (χ1n) is 7.62. The summed E-state index contributed by atoms with van der Waals surface area (Å²) in [4.78, 5) is 40.3. The van der Waals surface area contributed by atoms with Gasteiger partial charge in [-0.2, -0.15) is 0 Å². The summed E-state index contributed by atoms with van der Waals surface area (Å²) in [5.41, 5.74) is 0.527. The van der Waals surface area contributed by atoms with Crippen molar-refractivity contribution in [1.82, 2.24) is 4.90 Å². The number of carbonyl (C=O) groups is 3. The molecule has 23 heavy (non-hydrogen) atoms. The van der Waals surface area contributed by atoms with E-state index in [1.165, 1.54) is 16.7 Å². The number of halogens is 1. The maximum atomic E-state index is 12.8. The van der Waals surface area contributed by atoms with E-state index in [0.29, 0.717) is 30.1 Å². The average Bonchev–Trinajstić information content (AvgIpc) is 2.57. The quantitative estimate of drug-likeness (QED) is 0.619. The highest BCUT2D eigenvalue weighted by molar-refractivity contribution is 8.01. The van der Waals surface area contributed by atoms with E-state index in [0.717, 1.165) is 24.2 Å². The van der Waals surface area contributed by atoms with Crippen LogP contribution >= 0.6 is 23.4 Å². The molecule has 1 fully saturated rings. The number of aldehydes is 1. The summed E-state index contributed by atoms with van der Waals surface area (Å²) in [5.74, 6) is -0.528. The number of hydrogen-bond donors (Lipinski definition) is 0. The van der Waals surface area contributed by atoms with Crippen LogP contribution in [-0.2, 0) is 14.4 Å². The fourth-order valence-electron chi connectivity index (χ4n) is 2.97. The number of anilines is 1. The normalized spacial score (nSPS) is 21.1. The maximum Gasteiger partial charge on any atom is 0.250 e. The number of nitrogens with zero attached hydrogens (tertiary/aromatic N) is 2. The lowest BCUT2D eigenvalue weighted by atomic mass is 10.1. The van der Waals surface area contributed by atoms with Crippen LogP contribution in [0.3, 0.4) is 0 Å². The predicted molar refractivity (Wildman–Crippen MR) is 89.9 cm³/mol. The molecule has 0 spiro atoms. The molecular weight excluding hydrogens is 336 g/mol. The summed E-state index contributed by atoms with van der Waals surface area (Å²) in [6, 6.07) is 5.29. The van der Waals surface area contributed by atoms with Crippen molar-refractivity contribution in [1.29, 1.82) is 0 Å². The van der Waals surface area contributed by atoms with Gasteiger partial charge in [0.25, 0.3) is 5.91 Å². The van der Waals surface area contributed by atoms with Crippen LogP contribution < -0.4 is 4.90 Å². The summed E-state index contributed by atoms with van der Waals surface area (Å²) < 4.78 is 0. The molecule has 1 atom stereocenters. The lowest BCUT2D eigenvalue weighted by molar-refractivity contribution is -0.135. The van der Waals surface area contributed by atoms with E-state index in [2.05, 4.69) is 0 Å². The zero-order valence-electron chi connectivity index (χ0n) is 12.5. The molecule has 1 unspecified atom stereocenters. The second-order valence-corrected chi connectivity index (χ2v) is 7.14. The summed E-state index contributed by atoms with van der Waals surface area (Å²) in [6.45, 7) is 1.29. The zero-order chi connectivity index (χ0) is 16.4. The van der Waals surface area contributed by atoms with Crippen molar-refractivity contribution in [2.24, 2.45) is 0 Å². The SMILES string of the molecule is O=CCN1C(=O)C(C(=O)N2CCCCC2)Sc2cccc(Cl)c21. The monoisotopic (exact) mass is 352 g/mol. The molecule has 1 aromatic carbocycles.